The van der Waals surface area contributed by atoms with Crippen molar-refractivity contribution in [2.24, 2.45) is 5.73 Å². The Morgan fingerprint density at radius 1 is 1.20 bits per heavy atom. The number of halogens is 1. The van der Waals surface area contributed by atoms with Gasteiger partial charge in [0.05, 0.1) is 17.9 Å². The molecule has 1 aromatic heterocycles. The van der Waals surface area contributed by atoms with Crippen LogP contribution in [0, 0.1) is 0 Å². The zero-order valence-electron chi connectivity index (χ0n) is 11.9. The first-order valence-electron chi connectivity index (χ1n) is 7.27. The highest BCUT2D eigenvalue weighted by atomic mass is 79.9. The first-order chi connectivity index (χ1) is 9.70. The first kappa shape index (κ1) is 15.3. The highest BCUT2D eigenvalue weighted by Crippen LogP contribution is 2.22. The Morgan fingerprint density at radius 2 is 1.95 bits per heavy atom. The number of nitrogens with two attached hydrogens (primary N) is 1. The Balaban J connectivity index is 1.96. The van der Waals surface area contributed by atoms with Crippen LogP contribution in [0.15, 0.2) is 34.9 Å². The van der Waals surface area contributed by atoms with Crippen LogP contribution in [0.4, 0.5) is 0 Å². The van der Waals surface area contributed by atoms with E-state index in [1.807, 2.05) is 18.3 Å². The maximum absolute atomic E-state index is 6.19. The van der Waals surface area contributed by atoms with Gasteiger partial charge in [0.2, 0.25) is 0 Å². The molecule has 1 aromatic carbocycles. The standard InChI is InChI=1S/C16H22BrN3/c1-2-3-4-5-6-14(18)16-19-11-15(20-16)12-7-9-13(17)10-8-12/h7-11,14H,2-6,18H2,1H3,(H,19,20). The number of aromatic nitrogens is 2. The number of unbranched alkanes of at least 4 members (excludes halogenated alkanes) is 3. The van der Waals surface area contributed by atoms with Gasteiger partial charge in [-0.1, -0.05) is 60.7 Å². The fourth-order valence-corrected chi connectivity index (χ4v) is 2.49. The zero-order valence-corrected chi connectivity index (χ0v) is 13.5. The summed E-state index contributed by atoms with van der Waals surface area (Å²) in [5, 5.41) is 0. The van der Waals surface area contributed by atoms with Crippen LogP contribution in [-0.4, -0.2) is 9.97 Å². The molecule has 0 aliphatic carbocycles. The van der Waals surface area contributed by atoms with Gasteiger partial charge in [0.1, 0.15) is 5.82 Å². The van der Waals surface area contributed by atoms with E-state index in [2.05, 4.69) is 45.0 Å². The average molecular weight is 336 g/mol. The van der Waals surface area contributed by atoms with Crippen molar-refractivity contribution >= 4 is 15.9 Å². The summed E-state index contributed by atoms with van der Waals surface area (Å²) in [7, 11) is 0. The zero-order chi connectivity index (χ0) is 14.4. The molecule has 3 N–H and O–H groups in total. The monoisotopic (exact) mass is 335 g/mol. The lowest BCUT2D eigenvalue weighted by Crippen LogP contribution is -2.11. The summed E-state index contributed by atoms with van der Waals surface area (Å²) in [4.78, 5) is 7.76. The van der Waals surface area contributed by atoms with E-state index in [0.29, 0.717) is 0 Å². The van der Waals surface area contributed by atoms with Gasteiger partial charge in [-0.05, 0) is 24.1 Å². The molecule has 0 aliphatic rings. The van der Waals surface area contributed by atoms with Crippen LogP contribution < -0.4 is 5.73 Å². The third kappa shape index (κ3) is 4.18. The maximum atomic E-state index is 6.19. The predicted octanol–water partition coefficient (Wildman–Crippen LogP) is 4.81. The Hall–Kier alpha value is -1.13. The van der Waals surface area contributed by atoms with E-state index in [-0.39, 0.29) is 6.04 Å². The minimum absolute atomic E-state index is 0.0102. The second kappa shape index (κ2) is 7.60. The molecule has 0 saturated heterocycles. The molecule has 20 heavy (non-hydrogen) atoms. The Morgan fingerprint density at radius 3 is 2.65 bits per heavy atom. The first-order valence-corrected chi connectivity index (χ1v) is 8.06. The van der Waals surface area contributed by atoms with Crippen LogP contribution in [0.1, 0.15) is 50.9 Å². The van der Waals surface area contributed by atoms with Crippen molar-refractivity contribution < 1.29 is 0 Å². The molecule has 1 atom stereocenters. The van der Waals surface area contributed by atoms with E-state index >= 15 is 0 Å². The molecule has 108 valence electrons. The molecule has 0 radical (unpaired) electrons. The van der Waals surface area contributed by atoms with Crippen LogP contribution in [0.3, 0.4) is 0 Å². The maximum Gasteiger partial charge on any atom is 0.123 e. The average Bonchev–Trinajstić information content (AvgIpc) is 2.94. The van der Waals surface area contributed by atoms with E-state index in [4.69, 9.17) is 5.73 Å². The van der Waals surface area contributed by atoms with Crippen LogP contribution in [0.5, 0.6) is 0 Å². The quantitative estimate of drug-likeness (QED) is 0.713. The third-order valence-corrected chi connectivity index (χ3v) is 4.00. The smallest absolute Gasteiger partial charge is 0.123 e. The van der Waals surface area contributed by atoms with Gasteiger partial charge in [-0.3, -0.25) is 0 Å². The Labute approximate surface area is 129 Å². The normalized spacial score (nSPS) is 12.6. The molecular formula is C16H22BrN3. The molecule has 1 unspecified atom stereocenters. The Kier molecular flexibility index (Phi) is 5.80. The minimum atomic E-state index is 0.0102. The van der Waals surface area contributed by atoms with Crippen LogP contribution in [0.2, 0.25) is 0 Å². The largest absolute Gasteiger partial charge is 0.341 e. The molecule has 2 aromatic rings. The molecule has 1 heterocycles. The lowest BCUT2D eigenvalue weighted by Gasteiger charge is -2.08. The molecule has 0 saturated carbocycles. The molecule has 0 fully saturated rings. The fraction of sp³-hybridized carbons (Fsp3) is 0.438. The number of hydrogen-bond acceptors (Lipinski definition) is 2. The predicted molar refractivity (Wildman–Crippen MR) is 87.4 cm³/mol. The number of nitrogens with one attached hydrogen (secondary N) is 1. The van der Waals surface area contributed by atoms with Crippen molar-refractivity contribution in [3.05, 3.63) is 40.8 Å². The second-order valence-corrected chi connectivity index (χ2v) is 6.06. The topological polar surface area (TPSA) is 54.7 Å². The summed E-state index contributed by atoms with van der Waals surface area (Å²) in [5.41, 5.74) is 8.35. The van der Waals surface area contributed by atoms with Crippen molar-refractivity contribution in [3.8, 4) is 11.3 Å². The molecule has 0 aliphatic heterocycles. The lowest BCUT2D eigenvalue weighted by molar-refractivity contribution is 0.550. The van der Waals surface area contributed by atoms with Gasteiger partial charge < -0.3 is 10.7 Å². The van der Waals surface area contributed by atoms with Gasteiger partial charge in [-0.15, -0.1) is 0 Å². The van der Waals surface area contributed by atoms with Crippen molar-refractivity contribution in [1.29, 1.82) is 0 Å². The van der Waals surface area contributed by atoms with Gasteiger partial charge >= 0.3 is 0 Å². The summed E-state index contributed by atoms with van der Waals surface area (Å²) < 4.78 is 1.08. The van der Waals surface area contributed by atoms with Crippen LogP contribution in [-0.2, 0) is 0 Å². The van der Waals surface area contributed by atoms with E-state index in [1.165, 1.54) is 25.7 Å². The molecule has 0 amide bonds. The van der Waals surface area contributed by atoms with Crippen molar-refractivity contribution in [2.45, 2.75) is 45.1 Å². The molecule has 0 bridgehead atoms. The van der Waals surface area contributed by atoms with Gasteiger partial charge in [0.25, 0.3) is 0 Å². The number of benzene rings is 1. The van der Waals surface area contributed by atoms with Gasteiger partial charge in [-0.2, -0.15) is 0 Å². The molecule has 2 rings (SSSR count). The van der Waals surface area contributed by atoms with Gasteiger partial charge in [0.15, 0.2) is 0 Å². The number of aromatic amines is 1. The molecule has 4 heteroatoms. The highest BCUT2D eigenvalue weighted by Gasteiger charge is 2.10. The van der Waals surface area contributed by atoms with E-state index in [9.17, 15) is 0 Å². The third-order valence-electron chi connectivity index (χ3n) is 3.47. The molecule has 0 spiro atoms. The number of nitrogens with zero attached hydrogens (tertiary/aromatic N) is 1. The summed E-state index contributed by atoms with van der Waals surface area (Å²) >= 11 is 3.44. The molecular weight excluding hydrogens is 314 g/mol. The molecule has 3 nitrogen and oxygen atoms in total. The number of hydrogen-bond donors (Lipinski definition) is 2. The SMILES string of the molecule is CCCCCCC(N)c1ncc(-c2ccc(Br)cc2)[nH]1. The van der Waals surface area contributed by atoms with Gasteiger partial charge in [0, 0.05) is 4.47 Å². The van der Waals surface area contributed by atoms with Gasteiger partial charge in [-0.25, -0.2) is 4.98 Å². The van der Waals surface area contributed by atoms with E-state index in [1.54, 1.807) is 0 Å². The second-order valence-electron chi connectivity index (χ2n) is 5.14. The van der Waals surface area contributed by atoms with Crippen molar-refractivity contribution in [3.63, 3.8) is 0 Å². The lowest BCUT2D eigenvalue weighted by atomic mass is 10.1. The summed E-state index contributed by atoms with van der Waals surface area (Å²) in [6.45, 7) is 2.22. The van der Waals surface area contributed by atoms with Crippen molar-refractivity contribution in [2.75, 3.05) is 0 Å². The Bertz CT molecular complexity index is 519. The number of rotatable bonds is 7. The summed E-state index contributed by atoms with van der Waals surface area (Å²) in [5.74, 6) is 0.888. The van der Waals surface area contributed by atoms with Crippen LogP contribution in [0.25, 0.3) is 11.3 Å². The number of H-pyrrole nitrogens is 1. The van der Waals surface area contributed by atoms with Crippen LogP contribution >= 0.6 is 15.9 Å². The summed E-state index contributed by atoms with van der Waals surface area (Å²) in [6.07, 6.45) is 7.82. The number of imidazole rings is 1. The minimum Gasteiger partial charge on any atom is -0.341 e. The van der Waals surface area contributed by atoms with E-state index < -0.39 is 0 Å². The van der Waals surface area contributed by atoms with E-state index in [0.717, 1.165) is 28.0 Å². The van der Waals surface area contributed by atoms with Crippen molar-refractivity contribution in [1.82, 2.24) is 9.97 Å². The fourth-order valence-electron chi connectivity index (χ4n) is 2.23. The summed E-state index contributed by atoms with van der Waals surface area (Å²) in [6, 6.07) is 8.19. The highest BCUT2D eigenvalue weighted by molar-refractivity contribution is 9.10.